The van der Waals surface area contributed by atoms with Crippen LogP contribution in [0.15, 0.2) is 29.6 Å². The minimum atomic E-state index is -0.187. The summed E-state index contributed by atoms with van der Waals surface area (Å²) in [6.45, 7) is 0. The maximum absolute atomic E-state index is 11.1. The van der Waals surface area contributed by atoms with Gasteiger partial charge in [-0.25, -0.2) is 4.98 Å². The molecule has 0 atom stereocenters. The van der Waals surface area contributed by atoms with E-state index in [0.717, 1.165) is 22.2 Å². The van der Waals surface area contributed by atoms with Crippen molar-refractivity contribution >= 4 is 17.3 Å². The van der Waals surface area contributed by atoms with Gasteiger partial charge < -0.3 is 4.74 Å². The summed E-state index contributed by atoms with van der Waals surface area (Å²) in [4.78, 5) is 15.7. The minimum absolute atomic E-state index is 0.187. The lowest BCUT2D eigenvalue weighted by Gasteiger charge is -2.00. The summed E-state index contributed by atoms with van der Waals surface area (Å²) in [5, 5.41) is 3.04. The second kappa shape index (κ2) is 5.75. The normalized spacial score (nSPS) is 14.2. The number of ether oxygens (including phenoxy) is 1. The summed E-state index contributed by atoms with van der Waals surface area (Å²) in [6, 6.07) is 8.72. The monoisotopic (exact) mass is 287 g/mol. The van der Waals surface area contributed by atoms with Crippen LogP contribution in [0.3, 0.4) is 0 Å². The molecule has 1 heterocycles. The molecule has 0 aliphatic heterocycles. The summed E-state index contributed by atoms with van der Waals surface area (Å²) in [6.07, 6.45) is 3.69. The van der Waals surface area contributed by atoms with Crippen LogP contribution in [0, 0.1) is 0 Å². The molecule has 2 aromatic rings. The predicted octanol–water partition coefficient (Wildman–Crippen LogP) is 3.79. The number of aryl methyl sites for hydroxylation is 1. The molecule has 1 fully saturated rings. The van der Waals surface area contributed by atoms with E-state index in [1.165, 1.54) is 25.5 Å². The number of nitrogens with zero attached hydrogens (tertiary/aromatic N) is 1. The summed E-state index contributed by atoms with van der Waals surface area (Å²) in [7, 11) is 1.41. The van der Waals surface area contributed by atoms with Crippen molar-refractivity contribution in [2.75, 3.05) is 7.11 Å². The van der Waals surface area contributed by atoms with Crippen LogP contribution in [0.4, 0.5) is 0 Å². The third kappa shape index (κ3) is 3.07. The van der Waals surface area contributed by atoms with E-state index in [-0.39, 0.29) is 5.97 Å². The molecule has 3 rings (SSSR count). The average molecular weight is 287 g/mol. The zero-order valence-corrected chi connectivity index (χ0v) is 12.3. The fourth-order valence-corrected chi connectivity index (χ4v) is 3.06. The van der Waals surface area contributed by atoms with Gasteiger partial charge in [0.15, 0.2) is 0 Å². The van der Waals surface area contributed by atoms with Crippen molar-refractivity contribution in [1.29, 1.82) is 0 Å². The maximum Gasteiger partial charge on any atom is 0.305 e. The lowest BCUT2D eigenvalue weighted by Crippen LogP contribution is -2.01. The first kappa shape index (κ1) is 13.3. The van der Waals surface area contributed by atoms with Crippen LogP contribution >= 0.6 is 11.3 Å². The molecular weight excluding hydrogens is 270 g/mol. The van der Waals surface area contributed by atoms with Crippen LogP contribution < -0.4 is 0 Å². The summed E-state index contributed by atoms with van der Waals surface area (Å²) >= 11 is 1.63. The number of benzene rings is 1. The summed E-state index contributed by atoms with van der Waals surface area (Å²) in [5.74, 6) is 0.601. The van der Waals surface area contributed by atoms with E-state index >= 15 is 0 Å². The van der Waals surface area contributed by atoms with Gasteiger partial charge >= 0.3 is 5.97 Å². The summed E-state index contributed by atoms with van der Waals surface area (Å²) in [5.41, 5.74) is 3.56. The van der Waals surface area contributed by atoms with E-state index in [1.807, 2.05) is 5.38 Å². The molecule has 3 nitrogen and oxygen atoms in total. The van der Waals surface area contributed by atoms with Crippen molar-refractivity contribution in [1.82, 2.24) is 4.98 Å². The smallest absolute Gasteiger partial charge is 0.305 e. The Bertz CT molecular complexity index is 599. The fourth-order valence-electron chi connectivity index (χ4n) is 2.20. The molecule has 0 bridgehead atoms. The molecule has 0 spiro atoms. The number of hydrogen-bond acceptors (Lipinski definition) is 4. The molecular formula is C16H17NO2S. The Hall–Kier alpha value is -1.68. The van der Waals surface area contributed by atoms with Crippen LogP contribution in [-0.2, 0) is 16.0 Å². The Kier molecular flexibility index (Phi) is 3.83. The van der Waals surface area contributed by atoms with Gasteiger partial charge in [-0.2, -0.15) is 0 Å². The molecule has 20 heavy (non-hydrogen) atoms. The lowest BCUT2D eigenvalue weighted by atomic mass is 10.1. The van der Waals surface area contributed by atoms with Crippen molar-refractivity contribution in [2.45, 2.75) is 31.6 Å². The summed E-state index contributed by atoms with van der Waals surface area (Å²) < 4.78 is 4.64. The molecule has 0 unspecified atom stereocenters. The highest BCUT2D eigenvalue weighted by molar-refractivity contribution is 7.13. The van der Waals surface area contributed by atoms with E-state index in [9.17, 15) is 4.79 Å². The Labute approximate surface area is 122 Å². The van der Waals surface area contributed by atoms with Crippen LogP contribution in [-0.4, -0.2) is 18.1 Å². The minimum Gasteiger partial charge on any atom is -0.469 e. The molecule has 104 valence electrons. The molecule has 1 aliphatic rings. The van der Waals surface area contributed by atoms with E-state index in [1.54, 1.807) is 11.3 Å². The van der Waals surface area contributed by atoms with Crippen molar-refractivity contribution < 1.29 is 9.53 Å². The second-order valence-electron chi connectivity index (χ2n) is 5.12. The number of methoxy groups -OCH3 is 1. The Morgan fingerprint density at radius 2 is 2.10 bits per heavy atom. The highest BCUT2D eigenvalue weighted by Crippen LogP contribution is 2.40. The van der Waals surface area contributed by atoms with E-state index in [0.29, 0.717) is 12.8 Å². The zero-order chi connectivity index (χ0) is 13.9. The molecule has 1 aromatic heterocycles. The largest absolute Gasteiger partial charge is 0.469 e. The molecule has 0 amide bonds. The topological polar surface area (TPSA) is 39.2 Å². The number of carbonyl (C=O) groups is 1. The molecule has 1 saturated carbocycles. The number of hydrogen-bond donors (Lipinski definition) is 0. The van der Waals surface area contributed by atoms with Gasteiger partial charge in [-0.1, -0.05) is 24.3 Å². The zero-order valence-electron chi connectivity index (χ0n) is 11.5. The number of rotatable bonds is 5. The first-order valence-corrected chi connectivity index (χ1v) is 7.76. The Morgan fingerprint density at radius 1 is 1.35 bits per heavy atom. The third-order valence-corrected chi connectivity index (χ3v) is 4.51. The van der Waals surface area contributed by atoms with Crippen LogP contribution in [0.5, 0.6) is 0 Å². The van der Waals surface area contributed by atoms with Crippen molar-refractivity contribution in [3.05, 3.63) is 40.9 Å². The number of aromatic nitrogens is 1. The van der Waals surface area contributed by atoms with Crippen LogP contribution in [0.2, 0.25) is 0 Å². The van der Waals surface area contributed by atoms with Gasteiger partial charge in [-0.05, 0) is 24.3 Å². The SMILES string of the molecule is COC(=O)CCc1csc(-c2ccc(C3CC3)cc2)n1. The van der Waals surface area contributed by atoms with Gasteiger partial charge in [-0.3, -0.25) is 4.79 Å². The maximum atomic E-state index is 11.1. The fraction of sp³-hybridized carbons (Fsp3) is 0.375. The predicted molar refractivity (Wildman–Crippen MR) is 79.9 cm³/mol. The quantitative estimate of drug-likeness (QED) is 0.785. The number of thiazole rings is 1. The lowest BCUT2D eigenvalue weighted by molar-refractivity contribution is -0.140. The van der Waals surface area contributed by atoms with Crippen molar-refractivity contribution in [2.24, 2.45) is 0 Å². The second-order valence-corrected chi connectivity index (χ2v) is 5.97. The average Bonchev–Trinajstić information content (AvgIpc) is 3.23. The van der Waals surface area contributed by atoms with E-state index in [2.05, 4.69) is 34.0 Å². The van der Waals surface area contributed by atoms with E-state index < -0.39 is 0 Å². The van der Waals surface area contributed by atoms with Crippen LogP contribution in [0.1, 0.15) is 36.4 Å². The van der Waals surface area contributed by atoms with Crippen molar-refractivity contribution in [3.8, 4) is 10.6 Å². The first-order chi connectivity index (χ1) is 9.76. The third-order valence-electron chi connectivity index (χ3n) is 3.57. The molecule has 0 saturated heterocycles. The van der Waals surface area contributed by atoms with Crippen LogP contribution in [0.25, 0.3) is 10.6 Å². The molecule has 1 aliphatic carbocycles. The highest BCUT2D eigenvalue weighted by atomic mass is 32.1. The molecule has 0 radical (unpaired) electrons. The van der Waals surface area contributed by atoms with Gasteiger partial charge in [0, 0.05) is 17.4 Å². The van der Waals surface area contributed by atoms with Gasteiger partial charge in [0.05, 0.1) is 19.2 Å². The molecule has 0 N–H and O–H groups in total. The van der Waals surface area contributed by atoms with E-state index in [4.69, 9.17) is 0 Å². The number of carbonyl (C=O) groups excluding carboxylic acids is 1. The molecule has 1 aromatic carbocycles. The Balaban J connectivity index is 1.67. The Morgan fingerprint density at radius 3 is 2.75 bits per heavy atom. The van der Waals surface area contributed by atoms with Gasteiger partial charge in [0.25, 0.3) is 0 Å². The van der Waals surface area contributed by atoms with Gasteiger partial charge in [-0.15, -0.1) is 11.3 Å². The van der Waals surface area contributed by atoms with Gasteiger partial charge in [0.1, 0.15) is 5.01 Å². The molecule has 4 heteroatoms. The number of esters is 1. The first-order valence-electron chi connectivity index (χ1n) is 6.88. The van der Waals surface area contributed by atoms with Crippen molar-refractivity contribution in [3.63, 3.8) is 0 Å². The standard InChI is InChI=1S/C16H17NO2S/c1-19-15(18)9-8-14-10-20-16(17-14)13-6-4-12(5-7-13)11-2-3-11/h4-7,10-11H,2-3,8-9H2,1H3. The van der Waals surface area contributed by atoms with Gasteiger partial charge in [0.2, 0.25) is 0 Å². The highest BCUT2D eigenvalue weighted by Gasteiger charge is 2.23.